The smallest absolute Gasteiger partial charge is 0.310 e. The molecular formula is C18H33NO3P+. The Kier molecular flexibility index (Phi) is 7.96. The van der Waals surface area contributed by atoms with Crippen LogP contribution in [0.1, 0.15) is 47.1 Å². The van der Waals surface area contributed by atoms with Crippen molar-refractivity contribution in [2.24, 2.45) is 0 Å². The first-order valence-corrected chi connectivity index (χ1v) is 10.3. The zero-order chi connectivity index (χ0) is 17.5. The Labute approximate surface area is 141 Å². The summed E-state index contributed by atoms with van der Waals surface area (Å²) in [5.74, 6) is 0. The van der Waals surface area contributed by atoms with Crippen LogP contribution in [0.2, 0.25) is 0 Å². The van der Waals surface area contributed by atoms with Gasteiger partial charge in [-0.1, -0.05) is 30.3 Å². The summed E-state index contributed by atoms with van der Waals surface area (Å²) in [7, 11) is -3.15. The number of hydrogen-bond donors (Lipinski definition) is 0. The Morgan fingerprint density at radius 2 is 1.43 bits per heavy atom. The Hall–Kier alpha value is -0.670. The molecule has 0 amide bonds. The molecule has 23 heavy (non-hydrogen) atoms. The second kappa shape index (κ2) is 8.98. The lowest BCUT2D eigenvalue weighted by Crippen LogP contribution is -2.48. The van der Waals surface area contributed by atoms with Crippen molar-refractivity contribution in [1.82, 2.24) is 0 Å². The zero-order valence-electron chi connectivity index (χ0n) is 15.5. The van der Waals surface area contributed by atoms with Gasteiger partial charge in [0, 0.05) is 5.56 Å². The molecule has 0 aromatic heterocycles. The van der Waals surface area contributed by atoms with Gasteiger partial charge in [-0.05, 0) is 41.5 Å². The Morgan fingerprint density at radius 3 is 1.83 bits per heavy atom. The van der Waals surface area contributed by atoms with Crippen molar-refractivity contribution in [2.45, 2.75) is 60.3 Å². The highest BCUT2D eigenvalue weighted by molar-refractivity contribution is 7.53. The SMILES string of the molecule is CC[N+](CC)(Cc1ccccc1)CP(=O)(OC(C)C)OC(C)C. The molecule has 0 aliphatic rings. The van der Waals surface area contributed by atoms with E-state index in [2.05, 4.69) is 26.0 Å². The van der Waals surface area contributed by atoms with Gasteiger partial charge in [-0.3, -0.25) is 4.57 Å². The summed E-state index contributed by atoms with van der Waals surface area (Å²) in [6.07, 6.45) is 0.171. The van der Waals surface area contributed by atoms with E-state index in [0.29, 0.717) is 10.8 Å². The van der Waals surface area contributed by atoms with Gasteiger partial charge in [-0.15, -0.1) is 0 Å². The van der Waals surface area contributed by atoms with Gasteiger partial charge in [0.1, 0.15) is 6.54 Å². The van der Waals surface area contributed by atoms with E-state index in [4.69, 9.17) is 9.05 Å². The first-order valence-electron chi connectivity index (χ1n) is 8.59. The zero-order valence-corrected chi connectivity index (χ0v) is 16.4. The first-order chi connectivity index (χ1) is 10.7. The Balaban J connectivity index is 3.04. The molecule has 0 spiro atoms. The second-order valence-electron chi connectivity index (χ2n) is 6.68. The number of quaternary nitrogens is 1. The lowest BCUT2D eigenvalue weighted by atomic mass is 10.2. The molecule has 5 heteroatoms. The highest BCUT2D eigenvalue weighted by atomic mass is 31.2. The molecule has 0 atom stereocenters. The van der Waals surface area contributed by atoms with Gasteiger partial charge < -0.3 is 13.5 Å². The molecule has 0 saturated heterocycles. The van der Waals surface area contributed by atoms with E-state index in [1.807, 2.05) is 45.9 Å². The summed E-state index contributed by atoms with van der Waals surface area (Å²) in [5.41, 5.74) is 1.25. The van der Waals surface area contributed by atoms with Gasteiger partial charge in [0.2, 0.25) is 0 Å². The van der Waals surface area contributed by atoms with Crippen molar-refractivity contribution < 1.29 is 18.1 Å². The van der Waals surface area contributed by atoms with Crippen LogP contribution in [0.25, 0.3) is 0 Å². The molecule has 0 N–H and O–H groups in total. The second-order valence-corrected chi connectivity index (χ2v) is 8.60. The van der Waals surface area contributed by atoms with Crippen molar-refractivity contribution >= 4 is 7.60 Å². The van der Waals surface area contributed by atoms with Crippen LogP contribution in [0.3, 0.4) is 0 Å². The van der Waals surface area contributed by atoms with Gasteiger partial charge in [0.05, 0.1) is 25.3 Å². The molecule has 0 radical (unpaired) electrons. The normalized spacial score (nSPS) is 13.0. The lowest BCUT2D eigenvalue weighted by molar-refractivity contribution is -0.928. The fourth-order valence-electron chi connectivity index (χ4n) is 2.77. The molecule has 1 aromatic rings. The third kappa shape index (κ3) is 6.76. The van der Waals surface area contributed by atoms with Crippen molar-refractivity contribution in [3.63, 3.8) is 0 Å². The van der Waals surface area contributed by atoms with Crippen molar-refractivity contribution in [3.05, 3.63) is 35.9 Å². The summed E-state index contributed by atoms with van der Waals surface area (Å²) in [4.78, 5) is 0. The molecule has 132 valence electrons. The van der Waals surface area contributed by atoms with Crippen LogP contribution in [-0.2, 0) is 20.2 Å². The van der Waals surface area contributed by atoms with Gasteiger partial charge in [0.25, 0.3) is 0 Å². The van der Waals surface area contributed by atoms with E-state index < -0.39 is 7.60 Å². The van der Waals surface area contributed by atoms with E-state index >= 15 is 0 Å². The van der Waals surface area contributed by atoms with E-state index in [-0.39, 0.29) is 12.2 Å². The van der Waals surface area contributed by atoms with Crippen LogP contribution < -0.4 is 0 Å². The minimum atomic E-state index is -3.15. The largest absolute Gasteiger partial charge is 0.385 e. The molecule has 1 aromatic carbocycles. The first kappa shape index (κ1) is 20.4. The Morgan fingerprint density at radius 1 is 0.957 bits per heavy atom. The van der Waals surface area contributed by atoms with Gasteiger partial charge in [-0.2, -0.15) is 0 Å². The van der Waals surface area contributed by atoms with E-state index in [1.165, 1.54) is 5.56 Å². The third-order valence-corrected chi connectivity index (χ3v) is 6.35. The number of benzene rings is 1. The van der Waals surface area contributed by atoms with Crippen LogP contribution >= 0.6 is 7.60 Å². The molecule has 0 unspecified atom stereocenters. The van der Waals surface area contributed by atoms with E-state index in [1.54, 1.807) is 0 Å². The molecule has 4 nitrogen and oxygen atoms in total. The van der Waals surface area contributed by atoms with Crippen LogP contribution in [0.5, 0.6) is 0 Å². The van der Waals surface area contributed by atoms with Gasteiger partial charge in [0.15, 0.2) is 6.29 Å². The van der Waals surface area contributed by atoms with Gasteiger partial charge >= 0.3 is 7.60 Å². The predicted molar refractivity (Wildman–Crippen MR) is 96.4 cm³/mol. The van der Waals surface area contributed by atoms with Crippen LogP contribution in [0, 0.1) is 0 Å². The molecule has 0 bridgehead atoms. The average molecular weight is 342 g/mol. The quantitative estimate of drug-likeness (QED) is 0.441. The summed E-state index contributed by atoms with van der Waals surface area (Å²) in [6.45, 7) is 14.5. The molecular weight excluding hydrogens is 309 g/mol. The van der Waals surface area contributed by atoms with Gasteiger partial charge in [-0.25, -0.2) is 0 Å². The standard InChI is InChI=1S/C18H33NO3P/c1-7-19(8-2,14-18-12-10-9-11-13-18)15-23(20,21-16(3)4)22-17(5)6/h9-13,16-17H,7-8,14-15H2,1-6H3/q+1. The number of nitrogens with zero attached hydrogens (tertiary/aromatic N) is 1. The fraction of sp³-hybridized carbons (Fsp3) is 0.667. The molecule has 0 saturated carbocycles. The average Bonchev–Trinajstić information content (AvgIpc) is 2.45. The van der Waals surface area contributed by atoms with Crippen molar-refractivity contribution in [1.29, 1.82) is 0 Å². The minimum Gasteiger partial charge on any atom is -0.310 e. The molecule has 0 aliphatic heterocycles. The van der Waals surface area contributed by atoms with Crippen LogP contribution in [0.15, 0.2) is 30.3 Å². The lowest BCUT2D eigenvalue weighted by Gasteiger charge is -2.39. The highest BCUT2D eigenvalue weighted by Gasteiger charge is 2.39. The number of rotatable bonds is 10. The molecule has 1 rings (SSSR count). The summed E-state index contributed by atoms with van der Waals surface area (Å²) in [6, 6.07) is 10.4. The van der Waals surface area contributed by atoms with Crippen LogP contribution in [-0.4, -0.2) is 36.1 Å². The maximum Gasteiger partial charge on any atom is 0.385 e. The fourth-order valence-corrected chi connectivity index (χ4v) is 5.47. The maximum atomic E-state index is 13.3. The highest BCUT2D eigenvalue weighted by Crippen LogP contribution is 2.52. The predicted octanol–water partition coefficient (Wildman–Crippen LogP) is 5.04. The van der Waals surface area contributed by atoms with Crippen LogP contribution in [0.4, 0.5) is 0 Å². The molecule has 0 aliphatic carbocycles. The van der Waals surface area contributed by atoms with Crippen molar-refractivity contribution in [3.8, 4) is 0 Å². The monoisotopic (exact) mass is 342 g/mol. The third-order valence-electron chi connectivity index (χ3n) is 3.92. The topological polar surface area (TPSA) is 35.5 Å². The maximum absolute atomic E-state index is 13.3. The van der Waals surface area contributed by atoms with E-state index in [9.17, 15) is 4.57 Å². The summed E-state index contributed by atoms with van der Waals surface area (Å²) in [5, 5.41) is 0. The molecule has 0 heterocycles. The van der Waals surface area contributed by atoms with E-state index in [0.717, 1.165) is 19.6 Å². The molecule has 0 fully saturated rings. The van der Waals surface area contributed by atoms with Crippen molar-refractivity contribution in [2.75, 3.05) is 19.4 Å². The summed E-state index contributed by atoms with van der Waals surface area (Å²) >= 11 is 0. The summed E-state index contributed by atoms with van der Waals surface area (Å²) < 4.78 is 25.5. The number of hydrogen-bond acceptors (Lipinski definition) is 3. The minimum absolute atomic E-state index is 0.119. The Bertz CT molecular complexity index is 484.